The van der Waals surface area contributed by atoms with Crippen LogP contribution >= 0.6 is 0 Å². The van der Waals surface area contributed by atoms with Crippen molar-refractivity contribution in [2.75, 3.05) is 0 Å². The maximum atomic E-state index is 10.2. The van der Waals surface area contributed by atoms with Gasteiger partial charge >= 0.3 is 0 Å². The first kappa shape index (κ1) is 8.17. The topological polar surface area (TPSA) is 52.2 Å². The van der Waals surface area contributed by atoms with Crippen molar-refractivity contribution in [2.45, 2.75) is 38.1 Å². The quantitative estimate of drug-likeness (QED) is 0.608. The molecule has 0 aromatic carbocycles. The van der Waals surface area contributed by atoms with Crippen molar-refractivity contribution in [3.8, 4) is 0 Å². The van der Waals surface area contributed by atoms with E-state index in [1.165, 1.54) is 6.42 Å². The molecule has 0 aliphatic heterocycles. The van der Waals surface area contributed by atoms with Crippen LogP contribution in [0.2, 0.25) is 0 Å². The predicted octanol–water partition coefficient (Wildman–Crippen LogP) is 0.703. The molecule has 1 N–H and O–H groups in total. The highest BCUT2D eigenvalue weighted by atomic mass is 32.2. The van der Waals surface area contributed by atoms with E-state index in [-0.39, 0.29) is 6.04 Å². The molecule has 0 amide bonds. The van der Waals surface area contributed by atoms with Gasteiger partial charge in [-0.1, -0.05) is 19.3 Å². The van der Waals surface area contributed by atoms with Gasteiger partial charge in [-0.15, -0.1) is 0 Å². The third kappa shape index (κ3) is 2.77. The van der Waals surface area contributed by atoms with E-state index in [2.05, 4.69) is 4.72 Å². The van der Waals surface area contributed by atoms with E-state index in [1.54, 1.807) is 0 Å². The van der Waals surface area contributed by atoms with Gasteiger partial charge in [0.2, 0.25) is 0 Å². The zero-order chi connectivity index (χ0) is 7.40. The lowest BCUT2D eigenvalue weighted by molar-refractivity contribution is 0.405. The highest BCUT2D eigenvalue weighted by Gasteiger charge is 2.11. The first-order valence-electron chi connectivity index (χ1n) is 3.64. The van der Waals surface area contributed by atoms with E-state index in [9.17, 15) is 8.76 Å². The second-order valence-corrected chi connectivity index (χ2v) is 3.39. The third-order valence-corrected chi connectivity index (χ3v) is 2.39. The number of nitrogens with one attached hydrogen (secondary N) is 1. The molecule has 3 nitrogen and oxygen atoms in total. The van der Waals surface area contributed by atoms with Crippen LogP contribution in [0.1, 0.15) is 32.1 Å². The first-order chi connectivity index (χ1) is 4.79. The van der Waals surface area contributed by atoms with E-state index in [0.29, 0.717) is 0 Å². The van der Waals surface area contributed by atoms with Crippen LogP contribution in [0, 0.1) is 0 Å². The minimum absolute atomic E-state index is 0.215. The summed E-state index contributed by atoms with van der Waals surface area (Å²) in [5, 5.41) is 0. The fourth-order valence-corrected chi connectivity index (χ4v) is 1.86. The molecule has 1 atom stereocenters. The largest absolute Gasteiger partial charge is 0.760 e. The summed E-state index contributed by atoms with van der Waals surface area (Å²) in [6, 6.07) is 0.215. The number of hydrogen-bond donors (Lipinski definition) is 1. The van der Waals surface area contributed by atoms with Crippen molar-refractivity contribution in [1.29, 1.82) is 0 Å². The molecule has 1 rings (SSSR count). The Balaban J connectivity index is 2.19. The summed E-state index contributed by atoms with van der Waals surface area (Å²) in [5.74, 6) is 0. The predicted molar refractivity (Wildman–Crippen MR) is 38.9 cm³/mol. The summed E-state index contributed by atoms with van der Waals surface area (Å²) >= 11 is -2.06. The number of rotatable bonds is 2. The zero-order valence-electron chi connectivity index (χ0n) is 5.84. The van der Waals surface area contributed by atoms with Crippen molar-refractivity contribution in [3.63, 3.8) is 0 Å². The fourth-order valence-electron chi connectivity index (χ4n) is 1.36. The zero-order valence-corrected chi connectivity index (χ0v) is 6.65. The van der Waals surface area contributed by atoms with Gasteiger partial charge in [0.1, 0.15) is 0 Å². The van der Waals surface area contributed by atoms with Crippen LogP contribution in [0.3, 0.4) is 0 Å². The molecular weight excluding hydrogens is 150 g/mol. The molecule has 0 bridgehead atoms. The van der Waals surface area contributed by atoms with Gasteiger partial charge in [-0.25, -0.2) is 4.72 Å². The van der Waals surface area contributed by atoms with E-state index >= 15 is 0 Å². The van der Waals surface area contributed by atoms with E-state index in [4.69, 9.17) is 0 Å². The van der Waals surface area contributed by atoms with Crippen molar-refractivity contribution in [2.24, 2.45) is 0 Å². The Bertz CT molecular complexity index is 123. The van der Waals surface area contributed by atoms with Gasteiger partial charge in [-0.3, -0.25) is 4.21 Å². The molecular formula is C6H12NO2S-. The summed E-state index contributed by atoms with van der Waals surface area (Å²) in [6.45, 7) is 0. The van der Waals surface area contributed by atoms with Gasteiger partial charge in [0, 0.05) is 17.3 Å². The molecule has 0 heterocycles. The van der Waals surface area contributed by atoms with Crippen LogP contribution in [0.5, 0.6) is 0 Å². The van der Waals surface area contributed by atoms with Gasteiger partial charge in [0.05, 0.1) is 0 Å². The second kappa shape index (κ2) is 4.05. The third-order valence-electron chi connectivity index (χ3n) is 1.87. The molecule has 1 aliphatic rings. The normalized spacial score (nSPS) is 24.5. The summed E-state index contributed by atoms with van der Waals surface area (Å²) in [7, 11) is 0. The van der Waals surface area contributed by atoms with Crippen molar-refractivity contribution in [3.05, 3.63) is 0 Å². The van der Waals surface area contributed by atoms with Crippen LogP contribution < -0.4 is 4.72 Å². The van der Waals surface area contributed by atoms with Gasteiger partial charge < -0.3 is 4.55 Å². The van der Waals surface area contributed by atoms with E-state index in [0.717, 1.165) is 25.7 Å². The van der Waals surface area contributed by atoms with Crippen molar-refractivity contribution >= 4 is 11.3 Å². The maximum absolute atomic E-state index is 10.2. The van der Waals surface area contributed by atoms with Gasteiger partial charge in [-0.05, 0) is 12.8 Å². The molecule has 1 saturated carbocycles. The molecule has 0 saturated heterocycles. The molecule has 1 unspecified atom stereocenters. The minimum atomic E-state index is -2.06. The average Bonchev–Trinajstić information content (AvgIpc) is 1.88. The van der Waals surface area contributed by atoms with Crippen LogP contribution in [-0.4, -0.2) is 14.8 Å². The Labute approximate surface area is 63.6 Å². The Kier molecular flexibility index (Phi) is 3.31. The molecule has 0 spiro atoms. The average molecular weight is 162 g/mol. The van der Waals surface area contributed by atoms with Crippen molar-refractivity contribution < 1.29 is 8.76 Å². The van der Waals surface area contributed by atoms with Gasteiger partial charge in [0.25, 0.3) is 0 Å². The molecule has 1 fully saturated rings. The Morgan fingerprint density at radius 1 is 1.30 bits per heavy atom. The molecule has 10 heavy (non-hydrogen) atoms. The smallest absolute Gasteiger partial charge is 0.0184 e. The molecule has 1 aliphatic carbocycles. The molecule has 60 valence electrons. The summed E-state index contributed by atoms with van der Waals surface area (Å²) < 4.78 is 22.8. The lowest BCUT2D eigenvalue weighted by Crippen LogP contribution is -2.32. The van der Waals surface area contributed by atoms with Gasteiger partial charge in [0.15, 0.2) is 0 Å². The van der Waals surface area contributed by atoms with Crippen LogP contribution in [0.4, 0.5) is 0 Å². The Morgan fingerprint density at radius 3 is 2.40 bits per heavy atom. The fraction of sp³-hybridized carbons (Fsp3) is 1.00. The summed E-state index contributed by atoms with van der Waals surface area (Å²) in [6.07, 6.45) is 5.59. The standard InChI is InChI=1S/C6H13NO2S/c8-10(9)7-6-4-2-1-3-5-6/h6-7H,1-5H2,(H,8,9)/p-1. The minimum Gasteiger partial charge on any atom is -0.760 e. The number of hydrogen-bond acceptors (Lipinski definition) is 2. The monoisotopic (exact) mass is 162 g/mol. The van der Waals surface area contributed by atoms with Crippen LogP contribution in [0.15, 0.2) is 0 Å². The summed E-state index contributed by atoms with van der Waals surface area (Å²) in [5.41, 5.74) is 0. The molecule has 0 aromatic rings. The maximum Gasteiger partial charge on any atom is 0.0184 e. The van der Waals surface area contributed by atoms with E-state index in [1.807, 2.05) is 0 Å². The van der Waals surface area contributed by atoms with Gasteiger partial charge in [-0.2, -0.15) is 0 Å². The van der Waals surface area contributed by atoms with Crippen LogP contribution in [0.25, 0.3) is 0 Å². The molecule has 4 heteroatoms. The molecule has 0 radical (unpaired) electrons. The first-order valence-corrected chi connectivity index (χ1v) is 4.72. The Hall–Kier alpha value is 0.0700. The highest BCUT2D eigenvalue weighted by molar-refractivity contribution is 7.77. The van der Waals surface area contributed by atoms with Crippen LogP contribution in [-0.2, 0) is 11.3 Å². The second-order valence-electron chi connectivity index (χ2n) is 2.69. The van der Waals surface area contributed by atoms with Crippen molar-refractivity contribution in [1.82, 2.24) is 4.72 Å². The Morgan fingerprint density at radius 2 is 1.90 bits per heavy atom. The SMILES string of the molecule is O=S([O-])NC1CCCCC1. The summed E-state index contributed by atoms with van der Waals surface area (Å²) in [4.78, 5) is 0. The van der Waals surface area contributed by atoms with E-state index < -0.39 is 11.3 Å². The lowest BCUT2D eigenvalue weighted by Gasteiger charge is -2.23. The molecule has 0 aromatic heterocycles. The lowest BCUT2D eigenvalue weighted by atomic mass is 9.96. The highest BCUT2D eigenvalue weighted by Crippen LogP contribution is 2.17.